The molecule has 1 saturated heterocycles. The summed E-state index contributed by atoms with van der Waals surface area (Å²) >= 11 is 3.42. The second-order valence-corrected chi connectivity index (χ2v) is 6.35. The van der Waals surface area contributed by atoms with Crippen molar-refractivity contribution in [2.24, 2.45) is 10.2 Å². The molecule has 0 aliphatic carbocycles. The van der Waals surface area contributed by atoms with E-state index in [1.807, 2.05) is 54.6 Å². The van der Waals surface area contributed by atoms with Crippen molar-refractivity contribution in [2.75, 3.05) is 5.01 Å². The zero-order chi connectivity index (χ0) is 16.5. The van der Waals surface area contributed by atoms with Crippen molar-refractivity contribution >= 4 is 27.6 Å². The van der Waals surface area contributed by atoms with Gasteiger partial charge in [-0.05, 0) is 29.8 Å². The number of carbonyl (C=O) groups excluding carboxylic acids is 1. The number of anilines is 1. The lowest BCUT2D eigenvalue weighted by molar-refractivity contribution is -0.140. The number of hydrazine groups is 1. The molecule has 1 fully saturated rings. The summed E-state index contributed by atoms with van der Waals surface area (Å²) in [7, 11) is 0. The van der Waals surface area contributed by atoms with E-state index in [1.165, 1.54) is 0 Å². The van der Waals surface area contributed by atoms with Crippen molar-refractivity contribution < 1.29 is 9.63 Å². The lowest BCUT2D eigenvalue weighted by atomic mass is 10.0. The van der Waals surface area contributed by atoms with E-state index >= 15 is 0 Å². The first kappa shape index (κ1) is 15.0. The van der Waals surface area contributed by atoms with Crippen LogP contribution in [0.25, 0.3) is 0 Å². The van der Waals surface area contributed by atoms with Crippen molar-refractivity contribution in [3.8, 4) is 0 Å². The average molecular weight is 385 g/mol. The zero-order valence-corrected chi connectivity index (χ0v) is 14.1. The molecule has 0 amide bonds. The Bertz CT molecular complexity index is 833. The van der Waals surface area contributed by atoms with Crippen LogP contribution in [-0.2, 0) is 9.63 Å². The minimum absolute atomic E-state index is 0.0911. The number of benzene rings is 2. The molecule has 120 valence electrons. The predicted molar refractivity (Wildman–Crippen MR) is 91.5 cm³/mol. The molecule has 2 heterocycles. The standard InChI is InChI=1S/C17H13BrN4O2/c18-12-8-6-11(7-9-12)14-10-15(20-19-14)16-17(23)24-21-22(16)13-4-2-1-3-5-13/h1-9,14,21H,10H2. The van der Waals surface area contributed by atoms with Crippen molar-refractivity contribution in [3.63, 3.8) is 0 Å². The molecule has 0 radical (unpaired) electrons. The lowest BCUT2D eigenvalue weighted by Crippen LogP contribution is -2.29. The topological polar surface area (TPSA) is 66.3 Å². The van der Waals surface area contributed by atoms with Gasteiger partial charge in [0.1, 0.15) is 6.04 Å². The molecular formula is C17H13BrN4O2. The summed E-state index contributed by atoms with van der Waals surface area (Å²) in [6, 6.07) is 17.3. The highest BCUT2D eigenvalue weighted by Crippen LogP contribution is 2.37. The van der Waals surface area contributed by atoms with Gasteiger partial charge in [0, 0.05) is 10.9 Å². The van der Waals surface area contributed by atoms with Crippen molar-refractivity contribution in [3.05, 3.63) is 76.0 Å². The van der Waals surface area contributed by atoms with Gasteiger partial charge in [-0.15, -0.1) is 0 Å². The molecule has 2 aliphatic rings. The minimum Gasteiger partial charge on any atom is -0.345 e. The molecule has 2 aromatic carbocycles. The Labute approximate surface area is 146 Å². The van der Waals surface area contributed by atoms with E-state index < -0.39 is 5.97 Å². The molecule has 4 rings (SSSR count). The maximum Gasteiger partial charge on any atom is 0.378 e. The molecule has 1 atom stereocenters. The van der Waals surface area contributed by atoms with Gasteiger partial charge in [-0.3, -0.25) is 0 Å². The fraction of sp³-hybridized carbons (Fsp3) is 0.118. The number of para-hydroxylation sites is 1. The Morgan fingerprint density at radius 1 is 1.12 bits per heavy atom. The van der Waals surface area contributed by atoms with Crippen LogP contribution in [0.2, 0.25) is 0 Å². The van der Waals surface area contributed by atoms with Gasteiger partial charge < -0.3 is 4.84 Å². The summed E-state index contributed by atoms with van der Waals surface area (Å²) in [6.45, 7) is 0. The normalized spacial score (nSPS) is 23.0. The van der Waals surface area contributed by atoms with Gasteiger partial charge in [0.25, 0.3) is 0 Å². The molecule has 1 unspecified atom stereocenters. The molecular weight excluding hydrogens is 372 g/mol. The smallest absolute Gasteiger partial charge is 0.345 e. The summed E-state index contributed by atoms with van der Waals surface area (Å²) in [4.78, 5) is 17.1. The summed E-state index contributed by atoms with van der Waals surface area (Å²) in [5, 5.41) is 10.1. The van der Waals surface area contributed by atoms with Crippen LogP contribution in [0.1, 0.15) is 18.0 Å². The maximum absolute atomic E-state index is 12.1. The zero-order valence-electron chi connectivity index (χ0n) is 12.5. The van der Waals surface area contributed by atoms with Gasteiger partial charge in [-0.1, -0.05) is 51.9 Å². The van der Waals surface area contributed by atoms with E-state index in [-0.39, 0.29) is 6.04 Å². The van der Waals surface area contributed by atoms with E-state index in [2.05, 4.69) is 31.7 Å². The van der Waals surface area contributed by atoms with E-state index in [9.17, 15) is 4.79 Å². The third-order valence-corrected chi connectivity index (χ3v) is 4.42. The molecule has 6 nitrogen and oxygen atoms in total. The molecule has 7 heteroatoms. The third-order valence-electron chi connectivity index (χ3n) is 3.89. The summed E-state index contributed by atoms with van der Waals surface area (Å²) in [5.74, 6) is -0.454. The van der Waals surface area contributed by atoms with E-state index in [4.69, 9.17) is 4.84 Å². The molecule has 0 bridgehead atoms. The molecule has 1 N–H and O–H groups in total. The molecule has 2 aliphatic heterocycles. The SMILES string of the molecule is O=C1ONN(c2ccccc2)C1=C1CC(c2ccc(Br)cc2)N=N1. The van der Waals surface area contributed by atoms with Gasteiger partial charge in [-0.25, -0.2) is 9.80 Å². The Morgan fingerprint density at radius 3 is 2.62 bits per heavy atom. The number of carbonyl (C=O) groups is 1. The highest BCUT2D eigenvalue weighted by molar-refractivity contribution is 9.10. The predicted octanol–water partition coefficient (Wildman–Crippen LogP) is 4.04. The molecule has 2 aromatic rings. The van der Waals surface area contributed by atoms with Gasteiger partial charge in [0.2, 0.25) is 0 Å². The van der Waals surface area contributed by atoms with E-state index in [0.717, 1.165) is 15.7 Å². The second-order valence-electron chi connectivity index (χ2n) is 5.43. The summed E-state index contributed by atoms with van der Waals surface area (Å²) in [5.41, 5.74) is 5.48. The molecule has 0 saturated carbocycles. The van der Waals surface area contributed by atoms with Gasteiger partial charge in [0.05, 0.1) is 11.4 Å². The largest absolute Gasteiger partial charge is 0.378 e. The monoisotopic (exact) mass is 384 g/mol. The number of azo groups is 1. The Kier molecular flexibility index (Phi) is 3.87. The van der Waals surface area contributed by atoms with Crippen LogP contribution in [0.3, 0.4) is 0 Å². The Hall–Kier alpha value is -2.51. The first-order valence-electron chi connectivity index (χ1n) is 7.44. The van der Waals surface area contributed by atoms with Gasteiger partial charge in [0.15, 0.2) is 5.70 Å². The van der Waals surface area contributed by atoms with E-state index in [1.54, 1.807) is 5.01 Å². The Balaban J connectivity index is 1.65. The third kappa shape index (κ3) is 2.72. The van der Waals surface area contributed by atoms with Crippen LogP contribution in [0, 0.1) is 0 Å². The van der Waals surface area contributed by atoms with Crippen molar-refractivity contribution in [2.45, 2.75) is 12.5 Å². The second kappa shape index (κ2) is 6.18. The fourth-order valence-electron chi connectivity index (χ4n) is 2.70. The first-order chi connectivity index (χ1) is 11.7. The average Bonchev–Trinajstić information content (AvgIpc) is 3.23. The summed E-state index contributed by atoms with van der Waals surface area (Å²) < 4.78 is 1.01. The number of halogens is 1. The van der Waals surface area contributed by atoms with E-state index in [0.29, 0.717) is 17.8 Å². The van der Waals surface area contributed by atoms with Gasteiger partial charge in [-0.2, -0.15) is 10.2 Å². The lowest BCUT2D eigenvalue weighted by Gasteiger charge is -2.16. The number of hydrogen-bond donors (Lipinski definition) is 1. The first-order valence-corrected chi connectivity index (χ1v) is 8.23. The highest BCUT2D eigenvalue weighted by Gasteiger charge is 2.35. The quantitative estimate of drug-likeness (QED) is 0.793. The minimum atomic E-state index is -0.454. The summed E-state index contributed by atoms with van der Waals surface area (Å²) in [6.07, 6.45) is 0.553. The molecule has 0 spiro atoms. The number of nitrogens with one attached hydrogen (secondary N) is 1. The Morgan fingerprint density at radius 2 is 1.88 bits per heavy atom. The van der Waals surface area contributed by atoms with Crippen LogP contribution in [0.4, 0.5) is 5.69 Å². The number of rotatable bonds is 2. The van der Waals surface area contributed by atoms with Crippen molar-refractivity contribution in [1.29, 1.82) is 0 Å². The van der Waals surface area contributed by atoms with Gasteiger partial charge >= 0.3 is 5.97 Å². The van der Waals surface area contributed by atoms with Crippen LogP contribution in [0.5, 0.6) is 0 Å². The van der Waals surface area contributed by atoms with Crippen LogP contribution in [-0.4, -0.2) is 5.97 Å². The molecule has 0 aromatic heterocycles. The van der Waals surface area contributed by atoms with Crippen LogP contribution in [0.15, 0.2) is 80.7 Å². The molecule has 24 heavy (non-hydrogen) atoms. The van der Waals surface area contributed by atoms with Crippen molar-refractivity contribution in [1.82, 2.24) is 5.59 Å². The number of hydrogen-bond acceptors (Lipinski definition) is 6. The van der Waals surface area contributed by atoms with Crippen LogP contribution < -0.4 is 10.6 Å². The maximum atomic E-state index is 12.1. The fourth-order valence-corrected chi connectivity index (χ4v) is 2.96. The highest BCUT2D eigenvalue weighted by atomic mass is 79.9. The van der Waals surface area contributed by atoms with Crippen LogP contribution >= 0.6 is 15.9 Å². The number of nitrogens with zero attached hydrogens (tertiary/aromatic N) is 3.